The molecule has 1 aromatic carbocycles. The van der Waals surface area contributed by atoms with E-state index in [2.05, 4.69) is 20.6 Å². The normalized spacial score (nSPS) is 15.0. The van der Waals surface area contributed by atoms with E-state index in [0.29, 0.717) is 29.5 Å². The van der Waals surface area contributed by atoms with Crippen LogP contribution in [0.25, 0.3) is 0 Å². The molecule has 1 aliphatic carbocycles. The Kier molecular flexibility index (Phi) is 4.92. The lowest BCUT2D eigenvalue weighted by molar-refractivity contribution is 0.536. The van der Waals surface area contributed by atoms with Gasteiger partial charge in [-0.3, -0.25) is 0 Å². The van der Waals surface area contributed by atoms with Gasteiger partial charge in [-0.15, -0.1) is 5.10 Å². The van der Waals surface area contributed by atoms with Gasteiger partial charge in [0.15, 0.2) is 5.82 Å². The number of hydrogen-bond donors (Lipinski definition) is 0. The first-order chi connectivity index (χ1) is 12.7. The Morgan fingerprint density at radius 3 is 2.81 bits per heavy atom. The molecular formula is C17H19ClFN7. The highest BCUT2D eigenvalue weighted by atomic mass is 35.5. The molecule has 2 aromatic heterocycles. The number of hydrogen-bond acceptors (Lipinski definition) is 5. The zero-order valence-corrected chi connectivity index (χ0v) is 15.0. The number of halogens is 2. The fourth-order valence-electron chi connectivity index (χ4n) is 3.39. The largest absolute Gasteiger partial charge is 0.245 e. The van der Waals surface area contributed by atoms with Crippen LogP contribution in [0.5, 0.6) is 0 Å². The quantitative estimate of drug-likeness (QED) is 0.662. The van der Waals surface area contributed by atoms with Crippen LogP contribution in [-0.4, -0.2) is 35.0 Å². The Bertz CT molecular complexity index is 851. The Balaban J connectivity index is 1.62. The van der Waals surface area contributed by atoms with E-state index in [4.69, 9.17) is 16.6 Å². The summed E-state index contributed by atoms with van der Waals surface area (Å²) in [7, 11) is 0. The average molecular weight is 376 g/mol. The topological polar surface area (TPSA) is 74.3 Å². The van der Waals surface area contributed by atoms with Crippen LogP contribution in [0.2, 0.25) is 5.02 Å². The van der Waals surface area contributed by atoms with Gasteiger partial charge in [0.05, 0.1) is 13.1 Å². The second-order valence-corrected chi connectivity index (χ2v) is 6.96. The zero-order valence-electron chi connectivity index (χ0n) is 14.2. The van der Waals surface area contributed by atoms with E-state index in [1.807, 2.05) is 0 Å². The maximum atomic E-state index is 14.2. The van der Waals surface area contributed by atoms with Crippen molar-refractivity contribution in [1.29, 1.82) is 0 Å². The number of rotatable bonds is 6. The van der Waals surface area contributed by atoms with Crippen molar-refractivity contribution in [3.8, 4) is 0 Å². The van der Waals surface area contributed by atoms with Crippen molar-refractivity contribution in [3.63, 3.8) is 0 Å². The molecule has 0 aliphatic heterocycles. The second kappa shape index (κ2) is 7.49. The summed E-state index contributed by atoms with van der Waals surface area (Å²) in [5.74, 6) is 1.70. The fourth-order valence-corrected chi connectivity index (χ4v) is 3.62. The van der Waals surface area contributed by atoms with E-state index in [1.54, 1.807) is 27.8 Å². The SMILES string of the molecule is Fc1cccc(Cl)c1Cn1nc(C2CCCC2)nc1CCn1cnnn1. The predicted molar refractivity (Wildman–Crippen MR) is 93.3 cm³/mol. The zero-order chi connectivity index (χ0) is 17.9. The molecule has 4 rings (SSSR count). The maximum Gasteiger partial charge on any atom is 0.154 e. The van der Waals surface area contributed by atoms with Gasteiger partial charge < -0.3 is 0 Å². The molecule has 0 unspecified atom stereocenters. The van der Waals surface area contributed by atoms with Gasteiger partial charge in [-0.05, 0) is 35.4 Å². The van der Waals surface area contributed by atoms with Crippen LogP contribution in [0.15, 0.2) is 24.5 Å². The molecule has 1 fully saturated rings. The van der Waals surface area contributed by atoms with Crippen molar-refractivity contribution in [1.82, 2.24) is 35.0 Å². The van der Waals surface area contributed by atoms with E-state index in [1.165, 1.54) is 18.9 Å². The van der Waals surface area contributed by atoms with E-state index in [-0.39, 0.29) is 12.4 Å². The summed E-state index contributed by atoms with van der Waals surface area (Å²) in [4.78, 5) is 4.75. The highest BCUT2D eigenvalue weighted by Gasteiger charge is 2.23. The number of aryl methyl sites for hydroxylation is 2. The summed E-state index contributed by atoms with van der Waals surface area (Å²) in [5, 5.41) is 16.2. The van der Waals surface area contributed by atoms with E-state index < -0.39 is 0 Å². The van der Waals surface area contributed by atoms with Gasteiger partial charge in [0.2, 0.25) is 0 Å². The third-order valence-corrected chi connectivity index (χ3v) is 5.16. The van der Waals surface area contributed by atoms with Crippen molar-refractivity contribution < 1.29 is 4.39 Å². The average Bonchev–Trinajstić information content (AvgIpc) is 3.38. The summed E-state index contributed by atoms with van der Waals surface area (Å²) in [6.45, 7) is 0.844. The van der Waals surface area contributed by atoms with Crippen LogP contribution in [0.3, 0.4) is 0 Å². The summed E-state index contributed by atoms with van der Waals surface area (Å²) in [6.07, 6.45) is 6.80. The first-order valence-electron chi connectivity index (χ1n) is 8.78. The van der Waals surface area contributed by atoms with E-state index in [0.717, 1.165) is 24.5 Å². The molecule has 1 saturated carbocycles. The van der Waals surface area contributed by atoms with Crippen LogP contribution < -0.4 is 0 Å². The van der Waals surface area contributed by atoms with Gasteiger partial charge in [-0.25, -0.2) is 18.7 Å². The summed E-state index contributed by atoms with van der Waals surface area (Å²) in [5.41, 5.74) is 0.431. The van der Waals surface area contributed by atoms with E-state index in [9.17, 15) is 4.39 Å². The summed E-state index contributed by atoms with van der Waals surface area (Å²) >= 11 is 6.19. The second-order valence-electron chi connectivity index (χ2n) is 6.55. The van der Waals surface area contributed by atoms with Crippen molar-refractivity contribution in [2.45, 2.75) is 51.1 Å². The highest BCUT2D eigenvalue weighted by molar-refractivity contribution is 6.31. The molecule has 26 heavy (non-hydrogen) atoms. The predicted octanol–water partition coefficient (Wildman–Crippen LogP) is 3.01. The third-order valence-electron chi connectivity index (χ3n) is 4.81. The van der Waals surface area contributed by atoms with Crippen LogP contribution in [0, 0.1) is 5.82 Å². The lowest BCUT2D eigenvalue weighted by Crippen LogP contribution is -2.12. The van der Waals surface area contributed by atoms with Crippen LogP contribution in [0.1, 0.15) is 48.8 Å². The molecule has 0 bridgehead atoms. The lowest BCUT2D eigenvalue weighted by Gasteiger charge is -2.09. The first kappa shape index (κ1) is 17.1. The number of benzene rings is 1. The molecule has 3 aromatic rings. The molecule has 0 amide bonds. The maximum absolute atomic E-state index is 14.2. The molecule has 0 N–H and O–H groups in total. The van der Waals surface area contributed by atoms with Gasteiger partial charge in [0.1, 0.15) is 18.0 Å². The molecule has 7 nitrogen and oxygen atoms in total. The van der Waals surface area contributed by atoms with Crippen LogP contribution in [0.4, 0.5) is 4.39 Å². The minimum absolute atomic E-state index is 0.260. The molecule has 0 radical (unpaired) electrons. The smallest absolute Gasteiger partial charge is 0.154 e. The minimum atomic E-state index is -0.332. The van der Waals surface area contributed by atoms with Gasteiger partial charge in [0, 0.05) is 22.9 Å². The van der Waals surface area contributed by atoms with E-state index >= 15 is 0 Å². The number of nitrogens with zero attached hydrogens (tertiary/aromatic N) is 7. The molecule has 2 heterocycles. The Labute approximate surface area is 155 Å². The van der Waals surface area contributed by atoms with Gasteiger partial charge in [0.25, 0.3) is 0 Å². The monoisotopic (exact) mass is 375 g/mol. The number of tetrazole rings is 1. The Morgan fingerprint density at radius 1 is 1.23 bits per heavy atom. The fraction of sp³-hybridized carbons (Fsp3) is 0.471. The standard InChI is InChI=1S/C17H19ClFN7/c18-14-6-3-7-15(19)13(14)10-26-16(8-9-25-11-20-23-24-25)21-17(22-26)12-4-1-2-5-12/h3,6-7,11-12H,1-2,4-5,8-10H2. The molecular weight excluding hydrogens is 357 g/mol. The van der Waals surface area contributed by atoms with Crippen LogP contribution >= 0.6 is 11.6 Å². The van der Waals surface area contributed by atoms with Gasteiger partial charge >= 0.3 is 0 Å². The third kappa shape index (κ3) is 3.60. The minimum Gasteiger partial charge on any atom is -0.245 e. The molecule has 136 valence electrons. The number of aromatic nitrogens is 7. The van der Waals surface area contributed by atoms with Crippen molar-refractivity contribution in [2.24, 2.45) is 0 Å². The lowest BCUT2D eigenvalue weighted by atomic mass is 10.1. The van der Waals surface area contributed by atoms with Gasteiger partial charge in [-0.1, -0.05) is 30.5 Å². The van der Waals surface area contributed by atoms with Crippen LogP contribution in [-0.2, 0) is 19.5 Å². The van der Waals surface area contributed by atoms with Crippen molar-refractivity contribution in [2.75, 3.05) is 0 Å². The molecule has 0 saturated heterocycles. The van der Waals surface area contributed by atoms with Gasteiger partial charge in [-0.2, -0.15) is 5.10 Å². The highest BCUT2D eigenvalue weighted by Crippen LogP contribution is 2.32. The molecule has 0 atom stereocenters. The molecule has 1 aliphatic rings. The molecule has 0 spiro atoms. The molecule has 9 heteroatoms. The van der Waals surface area contributed by atoms with Crippen molar-refractivity contribution in [3.05, 3.63) is 52.6 Å². The van der Waals surface area contributed by atoms with Crippen molar-refractivity contribution >= 4 is 11.6 Å². The summed E-state index contributed by atoms with van der Waals surface area (Å²) < 4.78 is 17.6. The Hall–Kier alpha value is -2.35. The Morgan fingerprint density at radius 2 is 2.08 bits per heavy atom. The summed E-state index contributed by atoms with van der Waals surface area (Å²) in [6, 6.07) is 4.71. The first-order valence-corrected chi connectivity index (χ1v) is 9.16.